The van der Waals surface area contributed by atoms with Crippen molar-refractivity contribution in [3.05, 3.63) is 70.5 Å². The van der Waals surface area contributed by atoms with Crippen LogP contribution in [0.15, 0.2) is 53.7 Å². The van der Waals surface area contributed by atoms with Crippen LogP contribution in [0.25, 0.3) is 17.1 Å². The summed E-state index contributed by atoms with van der Waals surface area (Å²) in [6.07, 6.45) is 0. The molecule has 1 N–H and O–H groups in total. The second-order valence-electron chi connectivity index (χ2n) is 8.37. The number of halogens is 1. The van der Waals surface area contributed by atoms with E-state index in [0.29, 0.717) is 21.9 Å². The van der Waals surface area contributed by atoms with Gasteiger partial charge in [-0.3, -0.25) is 14.0 Å². The van der Waals surface area contributed by atoms with Crippen LogP contribution in [0.1, 0.15) is 36.7 Å². The number of anilines is 1. The lowest BCUT2D eigenvalue weighted by Crippen LogP contribution is -2.16. The maximum Gasteiger partial charge on any atom is 0.234 e. The number of aryl methyl sites for hydroxylation is 2. The Hall–Kier alpha value is -3.10. The number of carbonyl (C=O) groups excluding carboxylic acids is 1. The van der Waals surface area contributed by atoms with Gasteiger partial charge in [0.2, 0.25) is 5.91 Å². The monoisotopic (exact) mass is 494 g/mol. The van der Waals surface area contributed by atoms with E-state index in [2.05, 4.69) is 46.6 Å². The molecule has 0 aliphatic carbocycles. The predicted molar refractivity (Wildman–Crippen MR) is 138 cm³/mol. The van der Waals surface area contributed by atoms with Crippen molar-refractivity contribution in [2.45, 2.75) is 38.8 Å². The van der Waals surface area contributed by atoms with Gasteiger partial charge < -0.3 is 5.32 Å². The van der Waals surface area contributed by atoms with Gasteiger partial charge in [0.1, 0.15) is 0 Å². The number of benzene rings is 2. The SMILES string of the molecule is Cc1nn(C)c(C)c1NC(=O)CSc1nnc(-c2ccc(Cl)cc2)n1-c1ccccc1C(C)C. The fourth-order valence-corrected chi connectivity index (χ4v) is 4.68. The summed E-state index contributed by atoms with van der Waals surface area (Å²) in [7, 11) is 1.86. The molecule has 0 saturated carbocycles. The van der Waals surface area contributed by atoms with Crippen molar-refractivity contribution >= 4 is 35.0 Å². The van der Waals surface area contributed by atoms with Gasteiger partial charge in [0.15, 0.2) is 11.0 Å². The number of nitrogens with zero attached hydrogens (tertiary/aromatic N) is 5. The van der Waals surface area contributed by atoms with Crippen LogP contribution in [0.2, 0.25) is 5.02 Å². The second kappa shape index (κ2) is 10.0. The molecule has 0 spiro atoms. The molecule has 34 heavy (non-hydrogen) atoms. The number of thioether (sulfide) groups is 1. The van der Waals surface area contributed by atoms with Gasteiger partial charge in [-0.1, -0.05) is 55.4 Å². The van der Waals surface area contributed by atoms with Crippen LogP contribution in [0, 0.1) is 13.8 Å². The lowest BCUT2D eigenvalue weighted by molar-refractivity contribution is -0.113. The van der Waals surface area contributed by atoms with Crippen molar-refractivity contribution in [3.63, 3.8) is 0 Å². The molecule has 0 saturated heterocycles. The van der Waals surface area contributed by atoms with E-state index in [1.54, 1.807) is 4.68 Å². The normalized spacial score (nSPS) is 11.3. The Balaban J connectivity index is 1.68. The Bertz CT molecular complexity index is 1330. The number of aromatic nitrogens is 5. The highest BCUT2D eigenvalue weighted by molar-refractivity contribution is 7.99. The zero-order valence-corrected chi connectivity index (χ0v) is 21.4. The average Bonchev–Trinajstić information content (AvgIpc) is 3.34. The topological polar surface area (TPSA) is 77.6 Å². The highest BCUT2D eigenvalue weighted by Gasteiger charge is 2.21. The van der Waals surface area contributed by atoms with E-state index < -0.39 is 0 Å². The van der Waals surface area contributed by atoms with Gasteiger partial charge in [0.05, 0.1) is 28.5 Å². The largest absolute Gasteiger partial charge is 0.322 e. The van der Waals surface area contributed by atoms with Gasteiger partial charge in [-0.25, -0.2) is 0 Å². The van der Waals surface area contributed by atoms with Crippen molar-refractivity contribution in [1.82, 2.24) is 24.5 Å². The number of para-hydroxylation sites is 1. The molecule has 4 rings (SSSR count). The van der Waals surface area contributed by atoms with E-state index in [9.17, 15) is 4.79 Å². The van der Waals surface area contributed by atoms with Crippen LogP contribution in [-0.4, -0.2) is 36.2 Å². The molecule has 0 fully saturated rings. The van der Waals surface area contributed by atoms with E-state index in [4.69, 9.17) is 11.6 Å². The van der Waals surface area contributed by atoms with Gasteiger partial charge in [-0.15, -0.1) is 10.2 Å². The summed E-state index contributed by atoms with van der Waals surface area (Å²) in [5.74, 6) is 1.07. The van der Waals surface area contributed by atoms with Crippen LogP contribution in [-0.2, 0) is 11.8 Å². The van der Waals surface area contributed by atoms with Gasteiger partial charge in [0, 0.05) is 17.6 Å². The molecule has 0 bridgehead atoms. The number of hydrogen-bond acceptors (Lipinski definition) is 5. The fraction of sp³-hybridized carbons (Fsp3) is 0.280. The van der Waals surface area contributed by atoms with Crippen molar-refractivity contribution in [3.8, 4) is 17.1 Å². The summed E-state index contributed by atoms with van der Waals surface area (Å²) in [6.45, 7) is 8.13. The van der Waals surface area contributed by atoms with Crippen LogP contribution >= 0.6 is 23.4 Å². The Morgan fingerprint density at radius 3 is 2.44 bits per heavy atom. The predicted octanol–water partition coefficient (Wildman–Crippen LogP) is 5.79. The summed E-state index contributed by atoms with van der Waals surface area (Å²) < 4.78 is 3.78. The van der Waals surface area contributed by atoms with E-state index in [-0.39, 0.29) is 11.7 Å². The number of amides is 1. The minimum Gasteiger partial charge on any atom is -0.322 e. The number of hydrogen-bond donors (Lipinski definition) is 1. The molecule has 4 aromatic rings. The Kier molecular flexibility index (Phi) is 7.09. The summed E-state index contributed by atoms with van der Waals surface area (Å²) in [6, 6.07) is 15.7. The zero-order chi connectivity index (χ0) is 24.4. The van der Waals surface area contributed by atoms with Crippen LogP contribution < -0.4 is 5.32 Å². The number of rotatable bonds is 7. The van der Waals surface area contributed by atoms with E-state index in [1.165, 1.54) is 17.3 Å². The summed E-state index contributed by atoms with van der Waals surface area (Å²) in [5, 5.41) is 17.6. The van der Waals surface area contributed by atoms with Crippen LogP contribution in [0.4, 0.5) is 5.69 Å². The summed E-state index contributed by atoms with van der Waals surface area (Å²) in [5.41, 5.74) is 5.52. The highest BCUT2D eigenvalue weighted by Crippen LogP contribution is 2.32. The molecular weight excluding hydrogens is 468 g/mol. The average molecular weight is 495 g/mol. The molecule has 0 aliphatic heterocycles. The van der Waals surface area contributed by atoms with Gasteiger partial charge in [0.25, 0.3) is 0 Å². The molecular formula is C25H27ClN6OS. The van der Waals surface area contributed by atoms with Crippen molar-refractivity contribution in [2.24, 2.45) is 7.05 Å². The minimum absolute atomic E-state index is 0.121. The minimum atomic E-state index is -0.121. The first-order chi connectivity index (χ1) is 16.3. The molecule has 0 atom stereocenters. The smallest absolute Gasteiger partial charge is 0.234 e. The first kappa shape index (κ1) is 24.0. The quantitative estimate of drug-likeness (QED) is 0.329. The third-order valence-electron chi connectivity index (χ3n) is 5.64. The summed E-state index contributed by atoms with van der Waals surface area (Å²) >= 11 is 7.46. The van der Waals surface area contributed by atoms with Gasteiger partial charge in [-0.05, 0) is 55.7 Å². The molecule has 0 aliphatic rings. The van der Waals surface area contributed by atoms with Gasteiger partial charge >= 0.3 is 0 Å². The molecule has 176 valence electrons. The van der Waals surface area contributed by atoms with Crippen molar-refractivity contribution in [2.75, 3.05) is 11.1 Å². The molecule has 0 unspecified atom stereocenters. The maximum absolute atomic E-state index is 12.8. The first-order valence-electron chi connectivity index (χ1n) is 11.0. The third kappa shape index (κ3) is 4.88. The van der Waals surface area contributed by atoms with E-state index >= 15 is 0 Å². The Morgan fingerprint density at radius 1 is 1.09 bits per heavy atom. The molecule has 7 nitrogen and oxygen atoms in total. The molecule has 2 aromatic heterocycles. The Morgan fingerprint density at radius 2 is 1.79 bits per heavy atom. The molecule has 0 radical (unpaired) electrons. The first-order valence-corrected chi connectivity index (χ1v) is 12.4. The maximum atomic E-state index is 12.8. The fourth-order valence-electron chi connectivity index (χ4n) is 3.81. The summed E-state index contributed by atoms with van der Waals surface area (Å²) in [4.78, 5) is 12.8. The molecule has 2 heterocycles. The standard InChI is InChI=1S/C25H27ClN6OS/c1-15(2)20-8-6-7-9-21(20)32-24(18-10-12-19(26)13-11-18)28-29-25(32)34-14-22(33)27-23-16(3)30-31(5)17(23)4/h6-13,15H,14H2,1-5H3,(H,27,33). The van der Waals surface area contributed by atoms with Gasteiger partial charge in [-0.2, -0.15) is 5.10 Å². The van der Waals surface area contributed by atoms with Crippen molar-refractivity contribution in [1.29, 1.82) is 0 Å². The number of nitrogens with one attached hydrogen (secondary N) is 1. The van der Waals surface area contributed by atoms with Crippen LogP contribution in [0.5, 0.6) is 0 Å². The van der Waals surface area contributed by atoms with Crippen LogP contribution in [0.3, 0.4) is 0 Å². The molecule has 9 heteroatoms. The Labute approximate surface area is 208 Å². The lowest BCUT2D eigenvalue weighted by Gasteiger charge is -2.17. The van der Waals surface area contributed by atoms with E-state index in [0.717, 1.165) is 28.3 Å². The van der Waals surface area contributed by atoms with E-state index in [1.807, 2.05) is 61.9 Å². The molecule has 2 aromatic carbocycles. The zero-order valence-electron chi connectivity index (χ0n) is 19.8. The third-order valence-corrected chi connectivity index (χ3v) is 6.82. The van der Waals surface area contributed by atoms with Crippen molar-refractivity contribution < 1.29 is 4.79 Å². The highest BCUT2D eigenvalue weighted by atomic mass is 35.5. The second-order valence-corrected chi connectivity index (χ2v) is 9.75. The lowest BCUT2D eigenvalue weighted by atomic mass is 10.0. The number of carbonyl (C=O) groups is 1. The molecule has 1 amide bonds.